The van der Waals surface area contributed by atoms with E-state index in [1.807, 2.05) is 12.3 Å². The number of phenolic OH excluding ortho intramolecular Hbond substituents is 1. The van der Waals surface area contributed by atoms with E-state index in [1.165, 1.54) is 12.1 Å². The Morgan fingerprint density at radius 1 is 1.64 bits per heavy atom. The van der Waals surface area contributed by atoms with Gasteiger partial charge in [0.2, 0.25) is 0 Å². The van der Waals surface area contributed by atoms with Gasteiger partial charge in [-0.15, -0.1) is 0 Å². The van der Waals surface area contributed by atoms with Crippen LogP contribution in [0.15, 0.2) is 18.2 Å². The van der Waals surface area contributed by atoms with Crippen molar-refractivity contribution in [3.63, 3.8) is 0 Å². The van der Waals surface area contributed by atoms with Crippen molar-refractivity contribution < 1.29 is 14.6 Å². The topological polar surface area (TPSA) is 84.6 Å². The highest BCUT2D eigenvalue weighted by molar-refractivity contribution is 5.96. The summed E-state index contributed by atoms with van der Waals surface area (Å²) in [5, 5.41) is 9.33. The number of hydrogen-bond donors (Lipinski definition) is 3. The lowest BCUT2D eigenvalue weighted by molar-refractivity contribution is 0.0950. The number of hydrazine groups is 1. The molecule has 0 unspecified atom stereocenters. The van der Waals surface area contributed by atoms with E-state index >= 15 is 0 Å². The maximum Gasteiger partial charge on any atom is 0.269 e. The summed E-state index contributed by atoms with van der Waals surface area (Å²) in [5.74, 6) is 4.78. The number of carbonyl (C=O) groups excluding carboxylic acids is 1. The summed E-state index contributed by atoms with van der Waals surface area (Å²) in [6, 6.07) is 4.39. The predicted octanol–water partition coefficient (Wildman–Crippen LogP) is 0.394. The van der Waals surface area contributed by atoms with Crippen molar-refractivity contribution in [2.24, 2.45) is 5.84 Å². The molecule has 0 bridgehead atoms. The maximum atomic E-state index is 11.1. The van der Waals surface area contributed by atoms with Crippen molar-refractivity contribution in [1.82, 2.24) is 5.43 Å². The highest BCUT2D eigenvalue weighted by Gasteiger charge is 2.10. The Bertz CT molecular complexity index is 339. The molecular weight excluding hydrogens is 184 g/mol. The van der Waals surface area contributed by atoms with Gasteiger partial charge in [0.05, 0.1) is 12.2 Å². The fraction of sp³-hybridized carbons (Fsp3) is 0.222. The van der Waals surface area contributed by atoms with Crippen LogP contribution in [-0.4, -0.2) is 17.6 Å². The fourth-order valence-corrected chi connectivity index (χ4v) is 1.03. The van der Waals surface area contributed by atoms with Crippen molar-refractivity contribution in [2.45, 2.75) is 6.92 Å². The molecule has 0 saturated carbocycles. The largest absolute Gasteiger partial charge is 0.507 e. The monoisotopic (exact) mass is 196 g/mol. The number of hydrogen-bond acceptors (Lipinski definition) is 4. The Hall–Kier alpha value is -1.75. The van der Waals surface area contributed by atoms with Crippen molar-refractivity contribution >= 4 is 5.91 Å². The van der Waals surface area contributed by atoms with Crippen LogP contribution in [0.5, 0.6) is 11.5 Å². The first-order valence-corrected chi connectivity index (χ1v) is 4.15. The van der Waals surface area contributed by atoms with Gasteiger partial charge in [-0.1, -0.05) is 0 Å². The lowest BCUT2D eigenvalue weighted by Gasteiger charge is -2.06. The summed E-state index contributed by atoms with van der Waals surface area (Å²) in [5.41, 5.74) is 2.03. The second kappa shape index (κ2) is 4.48. The molecule has 0 heterocycles. The van der Waals surface area contributed by atoms with Crippen LogP contribution in [-0.2, 0) is 0 Å². The summed E-state index contributed by atoms with van der Waals surface area (Å²) in [6.45, 7) is 2.32. The molecule has 1 aromatic rings. The van der Waals surface area contributed by atoms with E-state index in [0.717, 1.165) is 0 Å². The van der Waals surface area contributed by atoms with Crippen LogP contribution in [0, 0.1) is 0 Å². The van der Waals surface area contributed by atoms with Gasteiger partial charge in [0.15, 0.2) is 0 Å². The Morgan fingerprint density at radius 2 is 2.36 bits per heavy atom. The number of benzene rings is 1. The number of nitrogens with one attached hydrogen (secondary N) is 1. The molecule has 4 N–H and O–H groups in total. The molecule has 0 radical (unpaired) electrons. The summed E-state index contributed by atoms with van der Waals surface area (Å²) in [7, 11) is 0. The van der Waals surface area contributed by atoms with E-state index in [9.17, 15) is 9.90 Å². The lowest BCUT2D eigenvalue weighted by atomic mass is 10.2. The number of carbonyl (C=O) groups is 1. The van der Waals surface area contributed by atoms with Crippen LogP contribution in [0.25, 0.3) is 0 Å². The van der Waals surface area contributed by atoms with Gasteiger partial charge < -0.3 is 9.84 Å². The molecule has 1 aromatic carbocycles. The smallest absolute Gasteiger partial charge is 0.269 e. The molecule has 14 heavy (non-hydrogen) atoms. The van der Waals surface area contributed by atoms with Gasteiger partial charge in [-0.3, -0.25) is 10.2 Å². The molecule has 76 valence electrons. The molecule has 0 aliphatic rings. The van der Waals surface area contributed by atoms with Gasteiger partial charge in [0.25, 0.3) is 5.91 Å². The van der Waals surface area contributed by atoms with Crippen LogP contribution in [0.2, 0.25) is 0 Å². The summed E-state index contributed by atoms with van der Waals surface area (Å²) < 4.78 is 5.16. The van der Waals surface area contributed by atoms with Crippen LogP contribution in [0.4, 0.5) is 0 Å². The minimum atomic E-state index is -0.552. The van der Waals surface area contributed by atoms with Crippen molar-refractivity contribution in [2.75, 3.05) is 6.61 Å². The molecule has 5 heteroatoms. The summed E-state index contributed by atoms with van der Waals surface area (Å²) in [6.07, 6.45) is 0. The van der Waals surface area contributed by atoms with E-state index in [4.69, 9.17) is 10.6 Å². The summed E-state index contributed by atoms with van der Waals surface area (Å²) >= 11 is 0. The standard InChI is InChI=1S/C9H12N2O3/c1-2-14-6-3-4-8(12)7(5-6)9(13)11-10/h3-5,12H,2,10H2,1H3,(H,11,13). The third-order valence-corrected chi connectivity index (χ3v) is 1.65. The molecule has 0 saturated heterocycles. The molecule has 0 aromatic heterocycles. The van der Waals surface area contributed by atoms with E-state index in [2.05, 4.69) is 0 Å². The maximum absolute atomic E-state index is 11.1. The zero-order chi connectivity index (χ0) is 10.6. The van der Waals surface area contributed by atoms with Crippen LogP contribution in [0.1, 0.15) is 17.3 Å². The van der Waals surface area contributed by atoms with Crippen LogP contribution in [0.3, 0.4) is 0 Å². The Labute approximate surface area is 81.5 Å². The van der Waals surface area contributed by atoms with Gasteiger partial charge in [-0.2, -0.15) is 0 Å². The molecule has 0 aliphatic heterocycles. The van der Waals surface area contributed by atoms with E-state index in [1.54, 1.807) is 6.07 Å². The number of nitrogen functional groups attached to an aromatic ring is 1. The molecule has 5 nitrogen and oxygen atoms in total. The summed E-state index contributed by atoms with van der Waals surface area (Å²) in [4.78, 5) is 11.1. The van der Waals surface area contributed by atoms with E-state index in [-0.39, 0.29) is 11.3 Å². The van der Waals surface area contributed by atoms with Gasteiger partial charge in [0, 0.05) is 0 Å². The van der Waals surface area contributed by atoms with Gasteiger partial charge in [-0.05, 0) is 25.1 Å². The SMILES string of the molecule is CCOc1ccc(O)c(C(=O)NN)c1. The average molecular weight is 196 g/mol. The molecule has 1 amide bonds. The van der Waals surface area contributed by atoms with Crippen molar-refractivity contribution in [1.29, 1.82) is 0 Å². The first kappa shape index (κ1) is 10.3. The molecule has 0 spiro atoms. The lowest BCUT2D eigenvalue weighted by Crippen LogP contribution is -2.30. The quantitative estimate of drug-likeness (QED) is 0.371. The molecule has 0 aliphatic carbocycles. The zero-order valence-corrected chi connectivity index (χ0v) is 7.78. The van der Waals surface area contributed by atoms with E-state index < -0.39 is 5.91 Å². The van der Waals surface area contributed by atoms with Crippen molar-refractivity contribution in [3.05, 3.63) is 23.8 Å². The van der Waals surface area contributed by atoms with Gasteiger partial charge >= 0.3 is 0 Å². The van der Waals surface area contributed by atoms with Gasteiger partial charge in [0.1, 0.15) is 11.5 Å². The molecular formula is C9H12N2O3. The first-order chi connectivity index (χ1) is 6.69. The number of phenols is 1. The molecule has 0 atom stereocenters. The minimum absolute atomic E-state index is 0.0958. The number of amides is 1. The third-order valence-electron chi connectivity index (χ3n) is 1.65. The highest BCUT2D eigenvalue weighted by atomic mass is 16.5. The fourth-order valence-electron chi connectivity index (χ4n) is 1.03. The van der Waals surface area contributed by atoms with Gasteiger partial charge in [-0.25, -0.2) is 5.84 Å². The van der Waals surface area contributed by atoms with Crippen LogP contribution >= 0.6 is 0 Å². The molecule has 0 fully saturated rings. The second-order valence-corrected chi connectivity index (χ2v) is 2.59. The predicted molar refractivity (Wildman–Crippen MR) is 50.9 cm³/mol. The first-order valence-electron chi connectivity index (χ1n) is 4.15. The minimum Gasteiger partial charge on any atom is -0.507 e. The molecule has 1 rings (SSSR count). The number of rotatable bonds is 3. The Balaban J connectivity index is 3.01. The number of ether oxygens (including phenoxy) is 1. The number of nitrogens with two attached hydrogens (primary N) is 1. The van der Waals surface area contributed by atoms with Crippen LogP contribution < -0.4 is 16.0 Å². The van der Waals surface area contributed by atoms with E-state index in [0.29, 0.717) is 12.4 Å². The average Bonchev–Trinajstić information content (AvgIpc) is 2.20. The van der Waals surface area contributed by atoms with Crippen molar-refractivity contribution in [3.8, 4) is 11.5 Å². The highest BCUT2D eigenvalue weighted by Crippen LogP contribution is 2.22. The number of aromatic hydroxyl groups is 1. The zero-order valence-electron chi connectivity index (χ0n) is 7.78. The Morgan fingerprint density at radius 3 is 2.93 bits per heavy atom. The Kier molecular flexibility index (Phi) is 3.30. The third kappa shape index (κ3) is 2.14. The second-order valence-electron chi connectivity index (χ2n) is 2.59. The normalized spacial score (nSPS) is 9.57.